The average molecular weight is 302 g/mol. The zero-order chi connectivity index (χ0) is 15.7. The maximum atomic E-state index is 12.8. The SMILES string of the molecule is CNC(C(=O)N1CCC(c2cnn(C)c2)C1)c1cnn(C)c1. The number of likely N-dealkylation sites (tertiary alicyclic amines) is 1. The first-order valence-corrected chi connectivity index (χ1v) is 7.51. The lowest BCUT2D eigenvalue weighted by Gasteiger charge is -2.22. The molecule has 2 aromatic heterocycles. The summed E-state index contributed by atoms with van der Waals surface area (Å²) in [5.41, 5.74) is 2.11. The zero-order valence-electron chi connectivity index (χ0n) is 13.2. The van der Waals surface area contributed by atoms with E-state index in [0.717, 1.165) is 25.1 Å². The molecule has 0 aromatic carbocycles. The van der Waals surface area contributed by atoms with E-state index in [1.54, 1.807) is 10.9 Å². The number of hydrogen-bond acceptors (Lipinski definition) is 4. The molecule has 0 bridgehead atoms. The molecule has 1 aliphatic rings. The number of amides is 1. The highest BCUT2D eigenvalue weighted by molar-refractivity contribution is 5.83. The van der Waals surface area contributed by atoms with Gasteiger partial charge in [-0.3, -0.25) is 14.2 Å². The van der Waals surface area contributed by atoms with Crippen LogP contribution in [0.4, 0.5) is 0 Å². The minimum absolute atomic E-state index is 0.113. The van der Waals surface area contributed by atoms with Crippen molar-refractivity contribution in [1.29, 1.82) is 0 Å². The molecule has 3 rings (SSSR count). The summed E-state index contributed by atoms with van der Waals surface area (Å²) in [7, 11) is 5.58. The number of hydrogen-bond donors (Lipinski definition) is 1. The first-order chi connectivity index (χ1) is 10.6. The van der Waals surface area contributed by atoms with Gasteiger partial charge in [0.1, 0.15) is 6.04 Å². The Morgan fingerprint density at radius 2 is 2.00 bits per heavy atom. The summed E-state index contributed by atoms with van der Waals surface area (Å²) in [6, 6.07) is -0.332. The van der Waals surface area contributed by atoms with Crippen LogP contribution < -0.4 is 5.32 Å². The zero-order valence-corrected chi connectivity index (χ0v) is 13.2. The number of likely N-dealkylation sites (N-methyl/N-ethyl adjacent to an activating group) is 1. The van der Waals surface area contributed by atoms with Crippen LogP contribution in [0.5, 0.6) is 0 Å². The molecule has 7 nitrogen and oxygen atoms in total. The first-order valence-electron chi connectivity index (χ1n) is 7.51. The molecule has 1 amide bonds. The molecular weight excluding hydrogens is 280 g/mol. The Bertz CT molecular complexity index is 661. The molecule has 2 unspecified atom stereocenters. The maximum Gasteiger partial charge on any atom is 0.244 e. The maximum absolute atomic E-state index is 12.8. The summed E-state index contributed by atoms with van der Waals surface area (Å²) < 4.78 is 3.53. The molecule has 1 saturated heterocycles. The quantitative estimate of drug-likeness (QED) is 0.889. The van der Waals surface area contributed by atoms with Crippen molar-refractivity contribution < 1.29 is 4.79 Å². The molecule has 3 heterocycles. The Kier molecular flexibility index (Phi) is 3.98. The summed E-state index contributed by atoms with van der Waals surface area (Å²) >= 11 is 0. The smallest absolute Gasteiger partial charge is 0.244 e. The van der Waals surface area contributed by atoms with E-state index in [-0.39, 0.29) is 11.9 Å². The second kappa shape index (κ2) is 5.92. The van der Waals surface area contributed by atoms with Crippen LogP contribution in [0.2, 0.25) is 0 Å². The number of aromatic nitrogens is 4. The molecule has 22 heavy (non-hydrogen) atoms. The lowest BCUT2D eigenvalue weighted by atomic mass is 10.0. The lowest BCUT2D eigenvalue weighted by molar-refractivity contribution is -0.132. The summed E-state index contributed by atoms with van der Waals surface area (Å²) in [4.78, 5) is 14.7. The van der Waals surface area contributed by atoms with Crippen LogP contribution >= 0.6 is 0 Å². The van der Waals surface area contributed by atoms with E-state index >= 15 is 0 Å². The van der Waals surface area contributed by atoms with Gasteiger partial charge in [0.05, 0.1) is 12.4 Å². The number of nitrogens with zero attached hydrogens (tertiary/aromatic N) is 5. The van der Waals surface area contributed by atoms with E-state index in [1.165, 1.54) is 5.56 Å². The van der Waals surface area contributed by atoms with E-state index in [0.29, 0.717) is 5.92 Å². The Balaban J connectivity index is 1.70. The van der Waals surface area contributed by atoms with Crippen molar-refractivity contribution in [3.63, 3.8) is 0 Å². The van der Waals surface area contributed by atoms with Crippen LogP contribution in [-0.2, 0) is 18.9 Å². The molecule has 0 aliphatic carbocycles. The Labute approximate surface area is 129 Å². The van der Waals surface area contributed by atoms with Gasteiger partial charge in [-0.25, -0.2) is 0 Å². The molecule has 0 radical (unpaired) electrons. The van der Waals surface area contributed by atoms with Gasteiger partial charge in [-0.15, -0.1) is 0 Å². The summed E-state index contributed by atoms with van der Waals surface area (Å²) in [6.07, 6.45) is 8.55. The van der Waals surface area contributed by atoms with Crippen LogP contribution in [0.15, 0.2) is 24.8 Å². The van der Waals surface area contributed by atoms with Crippen LogP contribution in [0.1, 0.15) is 29.5 Å². The third-order valence-electron chi connectivity index (χ3n) is 4.29. The standard InChI is InChI=1S/C15H22N6O/c1-16-14(13-7-18-20(3)9-13)15(22)21-5-4-11(10-21)12-6-17-19(2)8-12/h6-9,11,14,16H,4-5,10H2,1-3H3. The highest BCUT2D eigenvalue weighted by atomic mass is 16.2. The van der Waals surface area contributed by atoms with Crippen LogP contribution in [0.25, 0.3) is 0 Å². The van der Waals surface area contributed by atoms with Crippen LogP contribution in [0.3, 0.4) is 0 Å². The molecule has 118 valence electrons. The van der Waals surface area contributed by atoms with E-state index < -0.39 is 0 Å². The fraction of sp³-hybridized carbons (Fsp3) is 0.533. The van der Waals surface area contributed by atoms with Crippen molar-refractivity contribution >= 4 is 5.91 Å². The predicted octanol–water partition coefficient (Wildman–Crippen LogP) is 0.430. The monoisotopic (exact) mass is 302 g/mol. The van der Waals surface area contributed by atoms with Gasteiger partial charge in [0.2, 0.25) is 5.91 Å². The molecule has 1 fully saturated rings. The largest absolute Gasteiger partial charge is 0.340 e. The van der Waals surface area contributed by atoms with E-state index in [1.807, 2.05) is 49.3 Å². The number of rotatable bonds is 4. The molecule has 1 aliphatic heterocycles. The van der Waals surface area contributed by atoms with Gasteiger partial charge in [0.25, 0.3) is 0 Å². The number of aryl methyl sites for hydroxylation is 2. The number of nitrogens with one attached hydrogen (secondary N) is 1. The average Bonchev–Trinajstić information content (AvgIpc) is 3.20. The predicted molar refractivity (Wildman–Crippen MR) is 82.2 cm³/mol. The molecule has 2 atom stereocenters. The van der Waals surface area contributed by atoms with Gasteiger partial charge in [0, 0.05) is 51.1 Å². The van der Waals surface area contributed by atoms with Gasteiger partial charge >= 0.3 is 0 Å². The van der Waals surface area contributed by atoms with Gasteiger partial charge in [0.15, 0.2) is 0 Å². The molecular formula is C15H22N6O. The normalized spacial score (nSPS) is 19.6. The van der Waals surface area contributed by atoms with Crippen LogP contribution in [-0.4, -0.2) is 50.5 Å². The summed E-state index contributed by atoms with van der Waals surface area (Å²) in [5.74, 6) is 0.492. The van der Waals surface area contributed by atoms with Crippen molar-refractivity contribution in [2.45, 2.75) is 18.4 Å². The Hall–Kier alpha value is -2.15. The van der Waals surface area contributed by atoms with Crippen molar-refractivity contribution in [3.8, 4) is 0 Å². The third kappa shape index (κ3) is 2.76. The van der Waals surface area contributed by atoms with E-state index in [9.17, 15) is 4.79 Å². The van der Waals surface area contributed by atoms with Gasteiger partial charge in [-0.05, 0) is 19.0 Å². The summed E-state index contributed by atoms with van der Waals surface area (Å²) in [6.45, 7) is 1.54. The van der Waals surface area contributed by atoms with Crippen molar-refractivity contribution in [3.05, 3.63) is 35.9 Å². The molecule has 0 saturated carbocycles. The first kappa shape index (κ1) is 14.8. The highest BCUT2D eigenvalue weighted by Gasteiger charge is 2.32. The van der Waals surface area contributed by atoms with Crippen molar-refractivity contribution in [2.24, 2.45) is 14.1 Å². The molecule has 0 spiro atoms. The fourth-order valence-electron chi connectivity index (χ4n) is 3.09. The highest BCUT2D eigenvalue weighted by Crippen LogP contribution is 2.28. The Morgan fingerprint density at radius 3 is 2.59 bits per heavy atom. The van der Waals surface area contributed by atoms with Crippen molar-refractivity contribution in [1.82, 2.24) is 29.8 Å². The van der Waals surface area contributed by atoms with Gasteiger partial charge < -0.3 is 10.2 Å². The van der Waals surface area contributed by atoms with Gasteiger partial charge in [-0.1, -0.05) is 0 Å². The number of carbonyl (C=O) groups excluding carboxylic acids is 1. The topological polar surface area (TPSA) is 68.0 Å². The molecule has 1 N–H and O–H groups in total. The lowest BCUT2D eigenvalue weighted by Crippen LogP contribution is -2.38. The van der Waals surface area contributed by atoms with Gasteiger partial charge in [-0.2, -0.15) is 10.2 Å². The molecule has 7 heteroatoms. The molecule has 2 aromatic rings. The third-order valence-corrected chi connectivity index (χ3v) is 4.29. The minimum Gasteiger partial charge on any atom is -0.340 e. The second-order valence-electron chi connectivity index (χ2n) is 5.89. The van der Waals surface area contributed by atoms with E-state index in [4.69, 9.17) is 0 Å². The fourth-order valence-corrected chi connectivity index (χ4v) is 3.09. The summed E-state index contributed by atoms with van der Waals surface area (Å²) in [5, 5.41) is 11.5. The second-order valence-corrected chi connectivity index (χ2v) is 5.89. The minimum atomic E-state index is -0.332. The van der Waals surface area contributed by atoms with E-state index in [2.05, 4.69) is 15.5 Å². The van der Waals surface area contributed by atoms with Crippen LogP contribution in [0, 0.1) is 0 Å². The Morgan fingerprint density at radius 1 is 1.27 bits per heavy atom. The number of carbonyl (C=O) groups is 1. The van der Waals surface area contributed by atoms with Crippen molar-refractivity contribution in [2.75, 3.05) is 20.1 Å².